The van der Waals surface area contributed by atoms with Crippen LogP contribution in [0.1, 0.15) is 18.4 Å². The highest BCUT2D eigenvalue weighted by Gasteiger charge is 2.28. The number of anilines is 1. The lowest BCUT2D eigenvalue weighted by Gasteiger charge is -2.18. The number of halogens is 3. The highest BCUT2D eigenvalue weighted by Crippen LogP contribution is 2.28. The molecule has 146 valence electrons. The van der Waals surface area contributed by atoms with Crippen molar-refractivity contribution in [2.45, 2.75) is 31.1 Å². The average Bonchev–Trinajstić information content (AvgIpc) is 3.27. The number of hydrogen-bond acceptors (Lipinski definition) is 5. The van der Waals surface area contributed by atoms with Gasteiger partial charge in [0.2, 0.25) is 11.9 Å². The zero-order chi connectivity index (χ0) is 19.4. The maximum atomic E-state index is 12.2. The summed E-state index contributed by atoms with van der Waals surface area (Å²) in [5.74, 6) is -0.173. The van der Waals surface area contributed by atoms with Crippen LogP contribution in [0.4, 0.5) is 19.1 Å². The first-order valence-electron chi connectivity index (χ1n) is 8.57. The Morgan fingerprint density at radius 3 is 2.48 bits per heavy atom. The van der Waals surface area contributed by atoms with Gasteiger partial charge in [0.05, 0.1) is 11.4 Å². The van der Waals surface area contributed by atoms with E-state index in [1.165, 1.54) is 0 Å². The molecule has 0 spiro atoms. The Morgan fingerprint density at radius 2 is 1.85 bits per heavy atom. The number of alkyl halides is 3. The van der Waals surface area contributed by atoms with Gasteiger partial charge in [-0.15, -0.1) is 10.2 Å². The van der Waals surface area contributed by atoms with Crippen LogP contribution in [0.2, 0.25) is 0 Å². The second-order valence-electron chi connectivity index (χ2n) is 6.33. The van der Waals surface area contributed by atoms with Crippen molar-refractivity contribution in [1.29, 1.82) is 0 Å². The van der Waals surface area contributed by atoms with Crippen molar-refractivity contribution in [3.8, 4) is 5.69 Å². The summed E-state index contributed by atoms with van der Waals surface area (Å²) in [6.45, 7) is 2.40. The van der Waals surface area contributed by atoms with E-state index in [0.717, 1.165) is 48.9 Å². The van der Waals surface area contributed by atoms with Crippen molar-refractivity contribution in [2.75, 3.05) is 30.3 Å². The molecule has 1 N–H and O–H groups in total. The molecule has 2 aromatic rings. The molecule has 1 aliphatic heterocycles. The van der Waals surface area contributed by atoms with E-state index in [1.807, 2.05) is 41.1 Å². The van der Waals surface area contributed by atoms with E-state index in [1.54, 1.807) is 0 Å². The molecular weight excluding hydrogens is 379 g/mol. The SMILES string of the molecule is Cc1ccc(-n2c(SCC(=O)NCC(F)(F)F)nnc2N2CCCC2)cc1. The lowest BCUT2D eigenvalue weighted by molar-refractivity contribution is -0.136. The minimum atomic E-state index is -4.43. The van der Waals surface area contributed by atoms with Crippen LogP contribution in [-0.2, 0) is 4.79 Å². The molecule has 1 aromatic heterocycles. The van der Waals surface area contributed by atoms with Gasteiger partial charge in [-0.25, -0.2) is 0 Å². The number of thioether (sulfide) groups is 1. The third-order valence-electron chi connectivity index (χ3n) is 4.12. The highest BCUT2D eigenvalue weighted by molar-refractivity contribution is 7.99. The van der Waals surface area contributed by atoms with Crippen molar-refractivity contribution >= 4 is 23.6 Å². The number of rotatable bonds is 6. The molecule has 0 unspecified atom stereocenters. The normalized spacial score (nSPS) is 14.6. The Morgan fingerprint density at radius 1 is 1.19 bits per heavy atom. The largest absolute Gasteiger partial charge is 0.405 e. The molecule has 1 fully saturated rings. The molecule has 3 rings (SSSR count). The van der Waals surface area contributed by atoms with Gasteiger partial charge in [-0.1, -0.05) is 29.5 Å². The van der Waals surface area contributed by atoms with Gasteiger partial charge in [-0.3, -0.25) is 9.36 Å². The zero-order valence-electron chi connectivity index (χ0n) is 14.8. The van der Waals surface area contributed by atoms with Crippen LogP contribution in [0.25, 0.3) is 5.69 Å². The topological polar surface area (TPSA) is 63.1 Å². The predicted octanol–water partition coefficient (Wildman–Crippen LogP) is 2.95. The Kier molecular flexibility index (Phi) is 5.93. The van der Waals surface area contributed by atoms with Gasteiger partial charge in [-0.05, 0) is 31.9 Å². The summed E-state index contributed by atoms with van der Waals surface area (Å²) in [6, 6.07) is 7.80. The van der Waals surface area contributed by atoms with E-state index in [2.05, 4.69) is 15.1 Å². The number of nitrogens with one attached hydrogen (secondary N) is 1. The van der Waals surface area contributed by atoms with Crippen LogP contribution < -0.4 is 10.2 Å². The van der Waals surface area contributed by atoms with Crippen LogP contribution in [0, 0.1) is 6.92 Å². The second-order valence-corrected chi connectivity index (χ2v) is 7.27. The minimum absolute atomic E-state index is 0.167. The maximum Gasteiger partial charge on any atom is 0.405 e. The number of aromatic nitrogens is 3. The van der Waals surface area contributed by atoms with Crippen LogP contribution in [0.3, 0.4) is 0 Å². The number of amides is 1. The van der Waals surface area contributed by atoms with Crippen LogP contribution in [0.15, 0.2) is 29.4 Å². The standard InChI is InChI=1S/C17H20F3N5OS/c1-12-4-6-13(7-5-12)25-15(24-8-2-3-9-24)22-23-16(25)27-10-14(26)21-11-17(18,19)20/h4-7H,2-3,8-11H2,1H3,(H,21,26). The summed E-state index contributed by atoms with van der Waals surface area (Å²) in [5.41, 5.74) is 1.96. The van der Waals surface area contributed by atoms with E-state index < -0.39 is 18.6 Å². The third-order valence-corrected chi connectivity index (χ3v) is 5.04. The molecule has 0 saturated carbocycles. The molecular formula is C17H20F3N5OS. The Balaban J connectivity index is 1.78. The van der Waals surface area contributed by atoms with Gasteiger partial charge < -0.3 is 10.2 Å². The molecule has 6 nitrogen and oxygen atoms in total. The van der Waals surface area contributed by atoms with Crippen LogP contribution in [0.5, 0.6) is 0 Å². The Bertz CT molecular complexity index is 785. The quantitative estimate of drug-likeness (QED) is 0.757. The molecule has 1 amide bonds. The lowest BCUT2D eigenvalue weighted by atomic mass is 10.2. The summed E-state index contributed by atoms with van der Waals surface area (Å²) in [4.78, 5) is 13.8. The average molecular weight is 399 g/mol. The Labute approximate surface area is 159 Å². The molecule has 0 atom stereocenters. The summed E-state index contributed by atoms with van der Waals surface area (Å²) in [5, 5.41) is 10.8. The molecule has 27 heavy (non-hydrogen) atoms. The smallest absolute Gasteiger partial charge is 0.346 e. The molecule has 10 heteroatoms. The molecule has 2 heterocycles. The summed E-state index contributed by atoms with van der Waals surface area (Å²) in [6.07, 6.45) is -2.28. The third kappa shape index (κ3) is 5.15. The number of hydrogen-bond donors (Lipinski definition) is 1. The fraction of sp³-hybridized carbons (Fsp3) is 0.471. The van der Waals surface area contributed by atoms with Gasteiger partial charge in [0.1, 0.15) is 6.54 Å². The van der Waals surface area contributed by atoms with Crippen molar-refractivity contribution in [2.24, 2.45) is 0 Å². The molecule has 1 aromatic carbocycles. The number of nitrogens with zero attached hydrogens (tertiary/aromatic N) is 4. The lowest BCUT2D eigenvalue weighted by Crippen LogP contribution is -2.34. The molecule has 0 aliphatic carbocycles. The summed E-state index contributed by atoms with van der Waals surface area (Å²) in [7, 11) is 0. The molecule has 0 bridgehead atoms. The highest BCUT2D eigenvalue weighted by atomic mass is 32.2. The summed E-state index contributed by atoms with van der Waals surface area (Å²) >= 11 is 1.07. The first kappa shape index (κ1) is 19.5. The fourth-order valence-corrected chi connectivity index (χ4v) is 3.55. The predicted molar refractivity (Wildman–Crippen MR) is 97.3 cm³/mol. The molecule has 0 radical (unpaired) electrons. The molecule has 1 aliphatic rings. The number of carbonyl (C=O) groups excluding carboxylic acids is 1. The Hall–Kier alpha value is -2.23. The fourth-order valence-electron chi connectivity index (χ4n) is 2.78. The van der Waals surface area contributed by atoms with Crippen LogP contribution in [-0.4, -0.2) is 52.2 Å². The van der Waals surface area contributed by atoms with Gasteiger partial charge in [0.15, 0.2) is 5.16 Å². The van der Waals surface area contributed by atoms with Gasteiger partial charge in [0, 0.05) is 13.1 Å². The first-order valence-corrected chi connectivity index (χ1v) is 9.56. The van der Waals surface area contributed by atoms with E-state index in [-0.39, 0.29) is 5.75 Å². The van der Waals surface area contributed by atoms with Crippen molar-refractivity contribution in [3.05, 3.63) is 29.8 Å². The van der Waals surface area contributed by atoms with Crippen LogP contribution >= 0.6 is 11.8 Å². The molecule has 1 saturated heterocycles. The van der Waals surface area contributed by atoms with E-state index >= 15 is 0 Å². The monoisotopic (exact) mass is 399 g/mol. The van der Waals surface area contributed by atoms with Gasteiger partial charge in [-0.2, -0.15) is 13.2 Å². The van der Waals surface area contributed by atoms with Crippen molar-refractivity contribution in [3.63, 3.8) is 0 Å². The number of carbonyl (C=O) groups is 1. The van der Waals surface area contributed by atoms with E-state index in [0.29, 0.717) is 11.1 Å². The maximum absolute atomic E-state index is 12.2. The van der Waals surface area contributed by atoms with E-state index in [9.17, 15) is 18.0 Å². The minimum Gasteiger partial charge on any atom is -0.346 e. The number of benzene rings is 1. The zero-order valence-corrected chi connectivity index (χ0v) is 15.6. The van der Waals surface area contributed by atoms with Gasteiger partial charge in [0.25, 0.3) is 0 Å². The first-order chi connectivity index (χ1) is 12.8. The second kappa shape index (κ2) is 8.20. The van der Waals surface area contributed by atoms with E-state index in [4.69, 9.17) is 0 Å². The number of aryl methyl sites for hydroxylation is 1. The van der Waals surface area contributed by atoms with Gasteiger partial charge >= 0.3 is 6.18 Å². The van der Waals surface area contributed by atoms with Crippen molar-refractivity contribution in [1.82, 2.24) is 20.1 Å². The van der Waals surface area contributed by atoms with Crippen molar-refractivity contribution < 1.29 is 18.0 Å². The summed E-state index contributed by atoms with van der Waals surface area (Å²) < 4.78 is 38.5.